The molecule has 1 atom stereocenters. The lowest BCUT2D eigenvalue weighted by Crippen LogP contribution is -2.49. The smallest absolute Gasteiger partial charge is 0.263 e. The zero-order valence-corrected chi connectivity index (χ0v) is 21.8. The third-order valence-corrected chi connectivity index (χ3v) is 9.13. The number of benzene rings is 1. The van der Waals surface area contributed by atoms with Gasteiger partial charge in [-0.2, -0.15) is 0 Å². The van der Waals surface area contributed by atoms with E-state index in [-0.39, 0.29) is 11.5 Å². The third-order valence-electron chi connectivity index (χ3n) is 7.02. The van der Waals surface area contributed by atoms with Crippen LogP contribution in [0, 0.1) is 12.8 Å². The number of piperazine rings is 1. The lowest BCUT2D eigenvalue weighted by Gasteiger charge is -2.36. The Morgan fingerprint density at radius 2 is 2.03 bits per heavy atom. The fourth-order valence-corrected chi connectivity index (χ4v) is 7.44. The zero-order chi connectivity index (χ0) is 23.8. The Bertz CT molecular complexity index is 1270. The van der Waals surface area contributed by atoms with Crippen molar-refractivity contribution >= 4 is 44.9 Å². The number of hydrogen-bond donors (Lipinski definition) is 0. The number of amides is 1. The molecule has 0 radical (unpaired) electrons. The Morgan fingerprint density at radius 1 is 1.24 bits per heavy atom. The van der Waals surface area contributed by atoms with Crippen LogP contribution in [0.1, 0.15) is 36.3 Å². The number of thioether (sulfide) groups is 1. The van der Waals surface area contributed by atoms with Gasteiger partial charge in [0, 0.05) is 43.3 Å². The minimum absolute atomic E-state index is 0.0567. The van der Waals surface area contributed by atoms with E-state index in [1.54, 1.807) is 15.9 Å². The van der Waals surface area contributed by atoms with Gasteiger partial charge >= 0.3 is 0 Å². The minimum atomic E-state index is 0.0567. The van der Waals surface area contributed by atoms with Gasteiger partial charge in [-0.3, -0.25) is 14.2 Å². The van der Waals surface area contributed by atoms with E-state index in [1.807, 2.05) is 11.8 Å². The second kappa shape index (κ2) is 9.74. The topological polar surface area (TPSA) is 58.4 Å². The Hall–Kier alpha value is -2.32. The number of aryl methyl sites for hydroxylation is 2. The predicted octanol–water partition coefficient (Wildman–Crippen LogP) is 4.35. The highest BCUT2D eigenvalue weighted by atomic mass is 32.2. The predicted molar refractivity (Wildman–Crippen MR) is 141 cm³/mol. The second-order valence-electron chi connectivity index (χ2n) is 9.47. The molecule has 8 heteroatoms. The van der Waals surface area contributed by atoms with Crippen molar-refractivity contribution in [2.75, 3.05) is 36.8 Å². The van der Waals surface area contributed by atoms with E-state index in [0.29, 0.717) is 23.4 Å². The molecule has 0 spiro atoms. The molecule has 3 heterocycles. The van der Waals surface area contributed by atoms with Crippen LogP contribution in [0.3, 0.4) is 0 Å². The average Bonchev–Trinajstić information content (AvgIpc) is 3.20. The largest absolute Gasteiger partial charge is 0.368 e. The first-order valence-corrected chi connectivity index (χ1v) is 14.0. The molecular weight excluding hydrogens is 464 g/mol. The van der Waals surface area contributed by atoms with Crippen LogP contribution in [0.5, 0.6) is 0 Å². The number of anilines is 1. The van der Waals surface area contributed by atoms with Crippen LogP contribution in [0.4, 0.5) is 5.69 Å². The molecule has 1 amide bonds. The van der Waals surface area contributed by atoms with Crippen molar-refractivity contribution in [3.63, 3.8) is 0 Å². The monoisotopic (exact) mass is 496 g/mol. The molecule has 0 N–H and O–H groups in total. The van der Waals surface area contributed by atoms with Crippen LogP contribution in [-0.4, -0.2) is 52.3 Å². The van der Waals surface area contributed by atoms with Crippen molar-refractivity contribution in [1.82, 2.24) is 14.5 Å². The number of nitrogens with zero attached hydrogens (tertiary/aromatic N) is 4. The maximum Gasteiger partial charge on any atom is 0.263 e. The summed E-state index contributed by atoms with van der Waals surface area (Å²) in [7, 11) is 0. The highest BCUT2D eigenvalue weighted by Crippen LogP contribution is 2.36. The third kappa shape index (κ3) is 4.50. The quantitative estimate of drug-likeness (QED) is 0.388. The van der Waals surface area contributed by atoms with Crippen molar-refractivity contribution in [2.24, 2.45) is 5.92 Å². The van der Waals surface area contributed by atoms with Crippen LogP contribution in [0.2, 0.25) is 0 Å². The van der Waals surface area contributed by atoms with Gasteiger partial charge in [0.15, 0.2) is 5.16 Å². The van der Waals surface area contributed by atoms with Crippen molar-refractivity contribution in [3.8, 4) is 0 Å². The summed E-state index contributed by atoms with van der Waals surface area (Å²) in [6.07, 6.45) is 3.14. The molecule has 2 aromatic heterocycles. The lowest BCUT2D eigenvalue weighted by atomic mass is 9.89. The van der Waals surface area contributed by atoms with Gasteiger partial charge in [-0.05, 0) is 62.3 Å². The molecule has 1 unspecified atom stereocenters. The second-order valence-corrected chi connectivity index (χ2v) is 11.5. The van der Waals surface area contributed by atoms with E-state index in [2.05, 4.69) is 43.0 Å². The van der Waals surface area contributed by atoms with E-state index in [9.17, 15) is 9.59 Å². The fourth-order valence-electron chi connectivity index (χ4n) is 5.05. The van der Waals surface area contributed by atoms with Crippen molar-refractivity contribution in [3.05, 3.63) is 50.6 Å². The number of carbonyl (C=O) groups is 1. The molecule has 1 aliphatic heterocycles. The summed E-state index contributed by atoms with van der Waals surface area (Å²) >= 11 is 3.08. The Balaban J connectivity index is 1.27. The van der Waals surface area contributed by atoms with Crippen LogP contribution in [-0.2, 0) is 24.2 Å². The molecule has 1 saturated heterocycles. The van der Waals surface area contributed by atoms with Crippen LogP contribution >= 0.6 is 23.1 Å². The number of rotatable bonds is 5. The first kappa shape index (κ1) is 23.4. The van der Waals surface area contributed by atoms with Gasteiger partial charge in [0.2, 0.25) is 5.91 Å². The molecule has 1 aliphatic carbocycles. The maximum atomic E-state index is 13.4. The van der Waals surface area contributed by atoms with Crippen LogP contribution in [0.25, 0.3) is 10.2 Å². The van der Waals surface area contributed by atoms with E-state index in [4.69, 9.17) is 4.98 Å². The SMILES string of the molecule is CCn1c(SCC(=O)N2CCN(c3cccc(C)c3)CC2)nc2sc3c(c2c1=O)CCC(C)C3. The Morgan fingerprint density at radius 3 is 2.76 bits per heavy atom. The van der Waals surface area contributed by atoms with Crippen LogP contribution in [0.15, 0.2) is 34.2 Å². The van der Waals surface area contributed by atoms with E-state index in [1.165, 1.54) is 33.5 Å². The molecule has 0 saturated carbocycles. The highest BCUT2D eigenvalue weighted by molar-refractivity contribution is 7.99. The first-order chi connectivity index (χ1) is 16.4. The minimum Gasteiger partial charge on any atom is -0.368 e. The zero-order valence-electron chi connectivity index (χ0n) is 20.2. The van der Waals surface area contributed by atoms with Gasteiger partial charge in [0.05, 0.1) is 11.1 Å². The van der Waals surface area contributed by atoms with Gasteiger partial charge in [0.25, 0.3) is 5.56 Å². The van der Waals surface area contributed by atoms with Crippen molar-refractivity contribution in [2.45, 2.75) is 51.7 Å². The van der Waals surface area contributed by atoms with Crippen molar-refractivity contribution < 1.29 is 4.79 Å². The summed E-state index contributed by atoms with van der Waals surface area (Å²) in [5, 5.41) is 1.48. The molecule has 2 aliphatic rings. The molecular formula is C26H32N4O2S2. The lowest BCUT2D eigenvalue weighted by molar-refractivity contribution is -0.128. The van der Waals surface area contributed by atoms with Gasteiger partial charge in [-0.15, -0.1) is 11.3 Å². The Labute approximate surface area is 209 Å². The van der Waals surface area contributed by atoms with E-state index >= 15 is 0 Å². The van der Waals surface area contributed by atoms with Gasteiger partial charge in [0.1, 0.15) is 4.83 Å². The van der Waals surface area contributed by atoms with Gasteiger partial charge in [-0.25, -0.2) is 4.98 Å². The average molecular weight is 497 g/mol. The Kier molecular flexibility index (Phi) is 6.71. The number of carbonyl (C=O) groups excluding carboxylic acids is 1. The number of thiophene rings is 1. The molecule has 3 aromatic rings. The van der Waals surface area contributed by atoms with E-state index < -0.39 is 0 Å². The number of aromatic nitrogens is 2. The van der Waals surface area contributed by atoms with E-state index in [0.717, 1.165) is 55.7 Å². The number of fused-ring (bicyclic) bond motifs is 3. The van der Waals surface area contributed by atoms with Gasteiger partial charge in [-0.1, -0.05) is 30.8 Å². The summed E-state index contributed by atoms with van der Waals surface area (Å²) in [5.74, 6) is 1.09. The fraction of sp³-hybridized carbons (Fsp3) is 0.500. The highest BCUT2D eigenvalue weighted by Gasteiger charge is 2.26. The maximum absolute atomic E-state index is 13.4. The molecule has 180 valence electrons. The molecule has 1 fully saturated rings. The molecule has 0 bridgehead atoms. The summed E-state index contributed by atoms with van der Waals surface area (Å²) in [6.45, 7) is 10.0. The van der Waals surface area contributed by atoms with Crippen molar-refractivity contribution in [1.29, 1.82) is 0 Å². The van der Waals surface area contributed by atoms with Gasteiger partial charge < -0.3 is 9.80 Å². The standard InChI is InChI=1S/C26H32N4O2S2/c1-4-30-25(32)23-20-9-8-18(3)15-21(20)34-24(23)27-26(30)33-16-22(31)29-12-10-28(11-13-29)19-7-5-6-17(2)14-19/h5-7,14,18H,4,8-13,15-16H2,1-3H3. The first-order valence-electron chi connectivity index (χ1n) is 12.2. The molecule has 5 rings (SSSR count). The summed E-state index contributed by atoms with van der Waals surface area (Å²) in [5.41, 5.74) is 3.75. The number of hydrogen-bond acceptors (Lipinski definition) is 6. The summed E-state index contributed by atoms with van der Waals surface area (Å²) in [4.78, 5) is 37.7. The molecule has 34 heavy (non-hydrogen) atoms. The molecule has 6 nitrogen and oxygen atoms in total. The molecule has 1 aromatic carbocycles. The summed E-state index contributed by atoms with van der Waals surface area (Å²) < 4.78 is 1.75. The van der Waals surface area contributed by atoms with Crippen LogP contribution < -0.4 is 10.5 Å². The normalized spacial score (nSPS) is 18.4. The summed E-state index contributed by atoms with van der Waals surface area (Å²) in [6, 6.07) is 8.52.